The number of hydrogen-bond acceptors (Lipinski definition) is 7. The molecular weight excluding hydrogens is 585 g/mol. The second-order valence-electron chi connectivity index (χ2n) is 13.2. The Labute approximate surface area is 269 Å². The molecule has 1 saturated heterocycles. The molecule has 46 heavy (non-hydrogen) atoms. The van der Waals surface area contributed by atoms with Gasteiger partial charge in [0.05, 0.1) is 5.56 Å². The molecule has 4 aromatic rings. The number of aromatic nitrogens is 3. The molecule has 0 saturated carbocycles. The van der Waals surface area contributed by atoms with Crippen LogP contribution in [0.25, 0.3) is 27.7 Å². The molecule has 1 amide bonds. The number of aromatic hydroxyl groups is 1. The Bertz CT molecular complexity index is 1740. The summed E-state index contributed by atoms with van der Waals surface area (Å²) in [5, 5.41) is 15.4. The lowest BCUT2D eigenvalue weighted by Gasteiger charge is -2.36. The highest BCUT2D eigenvalue weighted by molar-refractivity contribution is 5.96. The van der Waals surface area contributed by atoms with Gasteiger partial charge in [-0.05, 0) is 69.2 Å². The highest BCUT2D eigenvalue weighted by Gasteiger charge is 2.29. The van der Waals surface area contributed by atoms with Gasteiger partial charge in [-0.1, -0.05) is 42.5 Å². The molecule has 4 heterocycles. The first-order chi connectivity index (χ1) is 22.1. The zero-order valence-corrected chi connectivity index (χ0v) is 27.0. The van der Waals surface area contributed by atoms with Crippen LogP contribution < -0.4 is 4.74 Å². The fourth-order valence-electron chi connectivity index (χ4n) is 6.33. The Hall–Kier alpha value is -4.44. The number of carbonyl (C=O) groups is 1. The van der Waals surface area contributed by atoms with Crippen molar-refractivity contribution >= 4 is 22.6 Å². The van der Waals surface area contributed by atoms with Crippen molar-refractivity contribution in [3.05, 3.63) is 77.6 Å². The Morgan fingerprint density at radius 3 is 2.46 bits per heavy atom. The van der Waals surface area contributed by atoms with Gasteiger partial charge in [0.15, 0.2) is 5.82 Å². The molecule has 10 heteroatoms. The number of pyridine rings is 1. The van der Waals surface area contributed by atoms with Crippen molar-refractivity contribution < 1.29 is 23.8 Å². The van der Waals surface area contributed by atoms with Gasteiger partial charge in [-0.2, -0.15) is 10.1 Å². The zero-order valence-electron chi connectivity index (χ0n) is 27.0. The molecule has 0 radical (unpaired) electrons. The van der Waals surface area contributed by atoms with Gasteiger partial charge in [-0.25, -0.2) is 9.18 Å². The van der Waals surface area contributed by atoms with Crippen molar-refractivity contribution in [2.75, 3.05) is 32.7 Å². The van der Waals surface area contributed by atoms with E-state index < -0.39 is 5.60 Å². The van der Waals surface area contributed by atoms with E-state index in [2.05, 4.69) is 21.1 Å². The number of amides is 1. The molecule has 0 bridgehead atoms. The standard InChI is InChI=1S/C36H42FN5O4/c1-36(2,3)46-35(44)42-20-14-24(15-21-42)22-41-18-16-26(17-19-41)27-10-11-28-32(39-40(4)33(28)31(27)37)29-12-13-30(43)38-34(29)45-23-25-8-6-5-7-9-25/h5-13,16,24H,14-15,17-23H2,1-4H3,(H,38,43). The summed E-state index contributed by atoms with van der Waals surface area (Å²) in [4.78, 5) is 20.9. The molecule has 0 spiro atoms. The van der Waals surface area contributed by atoms with Gasteiger partial charge < -0.3 is 19.5 Å². The molecule has 2 aliphatic heterocycles. The van der Waals surface area contributed by atoms with Crippen molar-refractivity contribution in [2.24, 2.45) is 13.0 Å². The lowest BCUT2D eigenvalue weighted by molar-refractivity contribution is 0.0171. The number of aryl methyl sites for hydroxylation is 1. The van der Waals surface area contributed by atoms with E-state index in [9.17, 15) is 9.90 Å². The predicted octanol–water partition coefficient (Wildman–Crippen LogP) is 6.80. The van der Waals surface area contributed by atoms with Gasteiger partial charge in [0, 0.05) is 56.8 Å². The number of likely N-dealkylation sites (tertiary alicyclic amines) is 1. The summed E-state index contributed by atoms with van der Waals surface area (Å²) >= 11 is 0. The number of halogens is 1. The van der Waals surface area contributed by atoms with E-state index in [4.69, 9.17) is 9.47 Å². The monoisotopic (exact) mass is 627 g/mol. The van der Waals surface area contributed by atoms with E-state index in [-0.39, 0.29) is 30.3 Å². The van der Waals surface area contributed by atoms with Gasteiger partial charge in [0.1, 0.15) is 23.4 Å². The fourth-order valence-corrected chi connectivity index (χ4v) is 6.33. The van der Waals surface area contributed by atoms with Crippen LogP contribution in [0.2, 0.25) is 0 Å². The van der Waals surface area contributed by atoms with Gasteiger partial charge in [-0.15, -0.1) is 0 Å². The van der Waals surface area contributed by atoms with Crippen molar-refractivity contribution in [3.63, 3.8) is 0 Å². The summed E-state index contributed by atoms with van der Waals surface area (Å²) in [5.74, 6) is 0.293. The Morgan fingerprint density at radius 2 is 1.76 bits per heavy atom. The zero-order chi connectivity index (χ0) is 32.4. The van der Waals surface area contributed by atoms with Gasteiger partial charge >= 0.3 is 6.09 Å². The largest absolute Gasteiger partial charge is 0.493 e. The number of carbonyl (C=O) groups excluding carboxylic acids is 1. The molecule has 2 aliphatic rings. The highest BCUT2D eigenvalue weighted by Crippen LogP contribution is 2.38. The van der Waals surface area contributed by atoms with Gasteiger partial charge in [-0.3, -0.25) is 9.58 Å². The molecule has 0 aliphatic carbocycles. The molecule has 6 rings (SSSR count). The van der Waals surface area contributed by atoms with E-state index in [1.807, 2.05) is 68.1 Å². The molecule has 0 atom stereocenters. The maximum atomic E-state index is 16.2. The minimum Gasteiger partial charge on any atom is -0.493 e. The number of fused-ring (bicyclic) bond motifs is 1. The van der Waals surface area contributed by atoms with E-state index >= 15 is 4.39 Å². The van der Waals surface area contributed by atoms with Gasteiger partial charge in [0.25, 0.3) is 0 Å². The third-order valence-electron chi connectivity index (χ3n) is 8.69. The third kappa shape index (κ3) is 7.02. The van der Waals surface area contributed by atoms with E-state index in [1.54, 1.807) is 17.8 Å². The summed E-state index contributed by atoms with van der Waals surface area (Å²) in [6.07, 6.45) is 4.57. The number of piperidine rings is 1. The summed E-state index contributed by atoms with van der Waals surface area (Å²) in [6.45, 7) is 9.95. The summed E-state index contributed by atoms with van der Waals surface area (Å²) in [6, 6.07) is 16.6. The van der Waals surface area contributed by atoms with Crippen LogP contribution in [0, 0.1) is 11.7 Å². The highest BCUT2D eigenvalue weighted by atomic mass is 19.1. The van der Waals surface area contributed by atoms with Crippen LogP contribution in [-0.4, -0.2) is 74.1 Å². The topological polar surface area (TPSA) is 93.0 Å². The summed E-state index contributed by atoms with van der Waals surface area (Å²) in [5.41, 5.74) is 3.60. The molecule has 9 nitrogen and oxygen atoms in total. The Balaban J connectivity index is 1.14. The van der Waals surface area contributed by atoms with Crippen LogP contribution in [0.15, 0.2) is 60.7 Å². The first kappa shape index (κ1) is 31.5. The first-order valence-electron chi connectivity index (χ1n) is 16.0. The Kier molecular flexibility index (Phi) is 8.99. The van der Waals surface area contributed by atoms with Crippen LogP contribution in [0.3, 0.4) is 0 Å². The maximum absolute atomic E-state index is 16.2. The molecule has 0 unspecified atom stereocenters. The number of benzene rings is 2. The minimum absolute atomic E-state index is 0.162. The second-order valence-corrected chi connectivity index (χ2v) is 13.2. The number of rotatable bonds is 7. The lowest BCUT2D eigenvalue weighted by atomic mass is 9.94. The third-order valence-corrected chi connectivity index (χ3v) is 8.69. The summed E-state index contributed by atoms with van der Waals surface area (Å²) < 4.78 is 29.3. The minimum atomic E-state index is -0.486. The van der Waals surface area contributed by atoms with Crippen molar-refractivity contribution in [3.8, 4) is 23.0 Å². The average Bonchev–Trinajstić information content (AvgIpc) is 3.37. The average molecular weight is 628 g/mol. The van der Waals surface area contributed by atoms with Crippen LogP contribution in [0.5, 0.6) is 11.8 Å². The normalized spacial score (nSPS) is 16.5. The number of ether oxygens (including phenoxy) is 2. The summed E-state index contributed by atoms with van der Waals surface area (Å²) in [7, 11) is 1.74. The number of hydrogen-bond donors (Lipinski definition) is 1. The van der Waals surface area contributed by atoms with E-state index in [0.29, 0.717) is 46.7 Å². The first-order valence-corrected chi connectivity index (χ1v) is 16.0. The van der Waals surface area contributed by atoms with Crippen molar-refractivity contribution in [1.29, 1.82) is 0 Å². The van der Waals surface area contributed by atoms with Gasteiger partial charge in [0.2, 0.25) is 11.8 Å². The SMILES string of the molecule is Cn1nc(-c2ccc(O)nc2OCc2ccccc2)c2ccc(C3=CCN(CC4CCN(C(=O)OC(C)(C)C)CC4)CC3)c(F)c21. The fraction of sp³-hybridized carbons (Fsp3) is 0.417. The van der Waals surface area contributed by atoms with E-state index in [0.717, 1.165) is 50.0 Å². The van der Waals surface area contributed by atoms with Crippen molar-refractivity contribution in [2.45, 2.75) is 52.2 Å². The van der Waals surface area contributed by atoms with Crippen LogP contribution in [0.1, 0.15) is 51.2 Å². The molecule has 1 N–H and O–H groups in total. The van der Waals surface area contributed by atoms with Crippen LogP contribution in [-0.2, 0) is 18.4 Å². The van der Waals surface area contributed by atoms with Crippen LogP contribution >= 0.6 is 0 Å². The Morgan fingerprint density at radius 1 is 1.02 bits per heavy atom. The molecule has 2 aromatic heterocycles. The molecular formula is C36H42FN5O4. The maximum Gasteiger partial charge on any atom is 0.410 e. The molecule has 1 fully saturated rings. The number of nitrogens with zero attached hydrogens (tertiary/aromatic N) is 5. The second kappa shape index (κ2) is 13.1. The predicted molar refractivity (Wildman–Crippen MR) is 176 cm³/mol. The van der Waals surface area contributed by atoms with Crippen LogP contribution in [0.4, 0.5) is 9.18 Å². The smallest absolute Gasteiger partial charge is 0.410 e. The van der Waals surface area contributed by atoms with E-state index in [1.165, 1.54) is 6.07 Å². The quantitative estimate of drug-likeness (QED) is 0.241. The molecule has 242 valence electrons. The van der Waals surface area contributed by atoms with Crippen molar-refractivity contribution in [1.82, 2.24) is 24.6 Å². The lowest BCUT2D eigenvalue weighted by Crippen LogP contribution is -2.44. The molecule has 2 aromatic carbocycles.